The van der Waals surface area contributed by atoms with Gasteiger partial charge in [-0.05, 0) is 24.6 Å². The number of nitrogens with one attached hydrogen (secondary N) is 1. The number of carboxylic acid groups (broad SMARTS) is 1. The summed E-state index contributed by atoms with van der Waals surface area (Å²) in [4.78, 5) is 10.5. The van der Waals surface area contributed by atoms with E-state index < -0.39 is 22.0 Å². The second-order valence-corrected chi connectivity index (χ2v) is 5.94. The number of sulfonamides is 1. The summed E-state index contributed by atoms with van der Waals surface area (Å²) >= 11 is 0. The standard InChI is InChI=1S/C12H14N2O4S/c1-9(5-12(15)16)14-19(17,18)8-11-4-2-3-10(6-11)7-13/h2-4,6,9,14H,5,8H2,1H3,(H,15,16). The lowest BCUT2D eigenvalue weighted by molar-refractivity contribution is -0.137. The molecule has 0 saturated carbocycles. The van der Waals surface area contributed by atoms with Gasteiger partial charge in [0, 0.05) is 6.04 Å². The lowest BCUT2D eigenvalue weighted by atomic mass is 10.2. The molecule has 2 N–H and O–H groups in total. The molecule has 1 aromatic rings. The molecule has 0 aliphatic heterocycles. The fourth-order valence-electron chi connectivity index (χ4n) is 1.60. The Balaban J connectivity index is 2.74. The topological polar surface area (TPSA) is 107 Å². The zero-order valence-corrected chi connectivity index (χ0v) is 11.1. The van der Waals surface area contributed by atoms with Crippen molar-refractivity contribution in [2.24, 2.45) is 0 Å². The van der Waals surface area contributed by atoms with Crippen LogP contribution < -0.4 is 4.72 Å². The zero-order valence-electron chi connectivity index (χ0n) is 10.3. The number of rotatable bonds is 6. The fraction of sp³-hybridized carbons (Fsp3) is 0.333. The summed E-state index contributed by atoms with van der Waals surface area (Å²) in [5, 5.41) is 17.3. The zero-order chi connectivity index (χ0) is 14.5. The highest BCUT2D eigenvalue weighted by molar-refractivity contribution is 7.88. The van der Waals surface area contributed by atoms with Crippen molar-refractivity contribution in [3.05, 3.63) is 35.4 Å². The van der Waals surface area contributed by atoms with Gasteiger partial charge in [-0.15, -0.1) is 0 Å². The Labute approximate surface area is 111 Å². The van der Waals surface area contributed by atoms with E-state index in [4.69, 9.17) is 10.4 Å². The van der Waals surface area contributed by atoms with E-state index in [1.54, 1.807) is 18.2 Å². The third kappa shape index (κ3) is 5.50. The molecule has 0 heterocycles. The molecule has 0 radical (unpaired) electrons. The number of nitrogens with zero attached hydrogens (tertiary/aromatic N) is 1. The fourth-order valence-corrected chi connectivity index (χ4v) is 3.00. The number of carboxylic acids is 1. The molecule has 0 aromatic heterocycles. The number of carbonyl (C=O) groups is 1. The highest BCUT2D eigenvalue weighted by Gasteiger charge is 2.17. The molecule has 1 aromatic carbocycles. The monoisotopic (exact) mass is 282 g/mol. The maximum Gasteiger partial charge on any atom is 0.304 e. The van der Waals surface area contributed by atoms with Crippen molar-refractivity contribution in [3.63, 3.8) is 0 Å². The average molecular weight is 282 g/mol. The van der Waals surface area contributed by atoms with Crippen LogP contribution in [-0.2, 0) is 20.6 Å². The summed E-state index contributed by atoms with van der Waals surface area (Å²) in [5.41, 5.74) is 0.861. The van der Waals surface area contributed by atoms with Gasteiger partial charge in [0.25, 0.3) is 0 Å². The minimum Gasteiger partial charge on any atom is -0.481 e. The summed E-state index contributed by atoms with van der Waals surface area (Å²) < 4.78 is 25.9. The molecule has 0 bridgehead atoms. The maximum atomic E-state index is 11.8. The van der Waals surface area contributed by atoms with Crippen LogP contribution in [-0.4, -0.2) is 25.5 Å². The quantitative estimate of drug-likeness (QED) is 0.804. The van der Waals surface area contributed by atoms with Crippen LogP contribution >= 0.6 is 0 Å². The van der Waals surface area contributed by atoms with E-state index in [1.165, 1.54) is 13.0 Å². The Morgan fingerprint density at radius 3 is 2.79 bits per heavy atom. The molecule has 1 rings (SSSR count). The molecule has 6 nitrogen and oxygen atoms in total. The number of aliphatic carboxylic acids is 1. The summed E-state index contributed by atoms with van der Waals surface area (Å²) in [5.74, 6) is -1.35. The van der Waals surface area contributed by atoms with Gasteiger partial charge in [0.15, 0.2) is 0 Å². The molecule has 1 unspecified atom stereocenters. The second-order valence-electron chi connectivity index (χ2n) is 4.19. The Morgan fingerprint density at radius 1 is 1.53 bits per heavy atom. The van der Waals surface area contributed by atoms with Crippen LogP contribution in [0.25, 0.3) is 0 Å². The summed E-state index contributed by atoms with van der Waals surface area (Å²) in [6, 6.07) is 7.52. The second kappa shape index (κ2) is 6.31. The highest BCUT2D eigenvalue weighted by atomic mass is 32.2. The first-order valence-electron chi connectivity index (χ1n) is 5.53. The number of hydrogen-bond donors (Lipinski definition) is 2. The van der Waals surface area contributed by atoms with Gasteiger partial charge < -0.3 is 5.11 Å². The molecule has 0 saturated heterocycles. The van der Waals surface area contributed by atoms with Gasteiger partial charge in [0.1, 0.15) is 0 Å². The minimum absolute atomic E-state index is 0.280. The van der Waals surface area contributed by atoms with Crippen LogP contribution in [0.3, 0.4) is 0 Å². The largest absolute Gasteiger partial charge is 0.481 e. The third-order valence-electron chi connectivity index (χ3n) is 2.27. The SMILES string of the molecule is CC(CC(=O)O)NS(=O)(=O)Cc1cccc(C#N)c1. The Morgan fingerprint density at radius 2 is 2.21 bits per heavy atom. The number of benzene rings is 1. The van der Waals surface area contributed by atoms with E-state index >= 15 is 0 Å². The first-order chi connectivity index (χ1) is 8.82. The molecule has 7 heteroatoms. The van der Waals surface area contributed by atoms with Gasteiger partial charge in [-0.1, -0.05) is 12.1 Å². The summed E-state index contributed by atoms with van der Waals surface area (Å²) in [7, 11) is -3.63. The van der Waals surface area contributed by atoms with Gasteiger partial charge in [0.2, 0.25) is 10.0 Å². The van der Waals surface area contributed by atoms with Gasteiger partial charge in [-0.3, -0.25) is 4.79 Å². The van der Waals surface area contributed by atoms with Crippen molar-refractivity contribution in [1.29, 1.82) is 5.26 Å². The predicted octanol–water partition coefficient (Wildman–Crippen LogP) is 0.841. The molecule has 19 heavy (non-hydrogen) atoms. The van der Waals surface area contributed by atoms with Crippen LogP contribution in [0.2, 0.25) is 0 Å². The van der Waals surface area contributed by atoms with Crippen molar-refractivity contribution >= 4 is 16.0 Å². The first kappa shape index (κ1) is 15.1. The summed E-state index contributed by atoms with van der Waals surface area (Å²) in [6.45, 7) is 1.48. The van der Waals surface area contributed by atoms with E-state index in [-0.39, 0.29) is 12.2 Å². The van der Waals surface area contributed by atoms with Crippen molar-refractivity contribution in [1.82, 2.24) is 4.72 Å². The van der Waals surface area contributed by atoms with Gasteiger partial charge in [-0.25, -0.2) is 13.1 Å². The molecule has 102 valence electrons. The number of hydrogen-bond acceptors (Lipinski definition) is 4. The van der Waals surface area contributed by atoms with E-state index in [1.807, 2.05) is 6.07 Å². The normalized spacial score (nSPS) is 12.6. The summed E-state index contributed by atoms with van der Waals surface area (Å²) in [6.07, 6.45) is -0.280. The number of nitriles is 1. The predicted molar refractivity (Wildman–Crippen MR) is 68.6 cm³/mol. The minimum atomic E-state index is -3.63. The smallest absolute Gasteiger partial charge is 0.304 e. The van der Waals surface area contributed by atoms with Gasteiger partial charge in [0.05, 0.1) is 23.8 Å². The van der Waals surface area contributed by atoms with Crippen LogP contribution in [0, 0.1) is 11.3 Å². The lowest BCUT2D eigenvalue weighted by Crippen LogP contribution is -2.35. The van der Waals surface area contributed by atoms with E-state index in [9.17, 15) is 13.2 Å². The maximum absolute atomic E-state index is 11.8. The van der Waals surface area contributed by atoms with Gasteiger partial charge >= 0.3 is 5.97 Å². The molecular formula is C12H14N2O4S. The molecule has 0 fully saturated rings. The van der Waals surface area contributed by atoms with Crippen LogP contribution in [0.4, 0.5) is 0 Å². The van der Waals surface area contributed by atoms with Crippen LogP contribution in [0.15, 0.2) is 24.3 Å². The molecule has 0 amide bonds. The van der Waals surface area contributed by atoms with Crippen LogP contribution in [0.1, 0.15) is 24.5 Å². The first-order valence-corrected chi connectivity index (χ1v) is 7.18. The van der Waals surface area contributed by atoms with Crippen LogP contribution in [0.5, 0.6) is 0 Å². The van der Waals surface area contributed by atoms with Crippen molar-refractivity contribution in [2.75, 3.05) is 0 Å². The molecule has 0 aliphatic carbocycles. The van der Waals surface area contributed by atoms with Crippen molar-refractivity contribution < 1.29 is 18.3 Å². The Kier molecular flexibility index (Phi) is 5.03. The third-order valence-corrected chi connectivity index (χ3v) is 3.75. The average Bonchev–Trinajstić information content (AvgIpc) is 2.26. The van der Waals surface area contributed by atoms with Crippen molar-refractivity contribution in [2.45, 2.75) is 25.1 Å². The van der Waals surface area contributed by atoms with E-state index in [2.05, 4.69) is 4.72 Å². The lowest BCUT2D eigenvalue weighted by Gasteiger charge is -2.12. The van der Waals surface area contributed by atoms with Crippen molar-refractivity contribution in [3.8, 4) is 6.07 Å². The highest BCUT2D eigenvalue weighted by Crippen LogP contribution is 2.08. The molecular weight excluding hydrogens is 268 g/mol. The van der Waals surface area contributed by atoms with E-state index in [0.29, 0.717) is 11.1 Å². The molecule has 0 spiro atoms. The molecule has 0 aliphatic rings. The Hall–Kier alpha value is -1.91. The Bertz CT molecular complexity index is 604. The molecule has 1 atom stereocenters. The van der Waals surface area contributed by atoms with Gasteiger partial charge in [-0.2, -0.15) is 5.26 Å². The van der Waals surface area contributed by atoms with E-state index in [0.717, 1.165) is 0 Å².